The zero-order chi connectivity index (χ0) is 10.9. The minimum absolute atomic E-state index is 0.933. The van der Waals surface area contributed by atoms with Gasteiger partial charge in [0.1, 0.15) is 0 Å². The smallest absolute Gasteiger partial charge is 0.000702 e. The molecular weight excluding hydrogens is 182 g/mol. The monoisotopic (exact) mass is 211 g/mol. The van der Waals surface area contributed by atoms with Gasteiger partial charge in [0, 0.05) is 6.54 Å². The lowest BCUT2D eigenvalue weighted by molar-refractivity contribution is 0.250. The quantitative estimate of drug-likeness (QED) is 0.598. The van der Waals surface area contributed by atoms with E-state index in [1.165, 1.54) is 71.0 Å². The average molecular weight is 211 g/mol. The molecule has 15 heavy (non-hydrogen) atoms. The fraction of sp³-hybridized carbons (Fsp3) is 1.00. The van der Waals surface area contributed by atoms with E-state index in [9.17, 15) is 0 Å². The number of likely N-dealkylation sites (tertiary alicyclic amines) is 1. The van der Waals surface area contributed by atoms with Gasteiger partial charge in [-0.25, -0.2) is 0 Å². The highest BCUT2D eigenvalue weighted by molar-refractivity contribution is 4.68. The van der Waals surface area contributed by atoms with Gasteiger partial charge in [0.15, 0.2) is 0 Å². The molecule has 0 spiro atoms. The molecule has 1 aliphatic rings. The Morgan fingerprint density at radius 1 is 1.07 bits per heavy atom. The SMILES string of the molecule is CCCCCCCN1CCCCC(C)C1. The van der Waals surface area contributed by atoms with Crippen LogP contribution in [0.2, 0.25) is 0 Å². The van der Waals surface area contributed by atoms with Gasteiger partial charge in [0.05, 0.1) is 0 Å². The van der Waals surface area contributed by atoms with Crippen LogP contribution in [-0.4, -0.2) is 24.5 Å². The number of unbranched alkanes of at least 4 members (excludes halogenated alkanes) is 4. The largest absolute Gasteiger partial charge is 0.303 e. The fourth-order valence-electron chi connectivity index (χ4n) is 2.59. The van der Waals surface area contributed by atoms with Crippen molar-refractivity contribution in [3.8, 4) is 0 Å². The molecule has 1 aliphatic heterocycles. The maximum Gasteiger partial charge on any atom is 0.000702 e. The van der Waals surface area contributed by atoms with E-state index in [1.807, 2.05) is 0 Å². The van der Waals surface area contributed by atoms with Crippen LogP contribution in [0.15, 0.2) is 0 Å². The van der Waals surface area contributed by atoms with Crippen molar-refractivity contribution in [2.24, 2.45) is 5.92 Å². The lowest BCUT2D eigenvalue weighted by Crippen LogP contribution is -2.28. The van der Waals surface area contributed by atoms with E-state index in [2.05, 4.69) is 18.7 Å². The Kier molecular flexibility index (Phi) is 7.08. The van der Waals surface area contributed by atoms with E-state index >= 15 is 0 Å². The molecule has 0 aromatic rings. The van der Waals surface area contributed by atoms with Crippen molar-refractivity contribution in [3.05, 3.63) is 0 Å². The van der Waals surface area contributed by atoms with Crippen LogP contribution >= 0.6 is 0 Å². The second-order valence-corrected chi connectivity index (χ2v) is 5.32. The third kappa shape index (κ3) is 6.19. The van der Waals surface area contributed by atoms with Gasteiger partial charge in [-0.05, 0) is 38.3 Å². The van der Waals surface area contributed by atoms with Gasteiger partial charge >= 0.3 is 0 Å². The summed E-state index contributed by atoms with van der Waals surface area (Å²) in [4.78, 5) is 2.70. The molecule has 0 aromatic carbocycles. The Balaban J connectivity index is 2.03. The first kappa shape index (κ1) is 13.0. The molecule has 0 saturated carbocycles. The van der Waals surface area contributed by atoms with Gasteiger partial charge in [-0.2, -0.15) is 0 Å². The summed E-state index contributed by atoms with van der Waals surface area (Å²) in [6, 6.07) is 0. The van der Waals surface area contributed by atoms with E-state index in [4.69, 9.17) is 0 Å². The lowest BCUT2D eigenvalue weighted by atomic mass is 10.1. The van der Waals surface area contributed by atoms with Crippen molar-refractivity contribution in [2.75, 3.05) is 19.6 Å². The molecule has 1 heterocycles. The molecule has 1 rings (SSSR count). The normalized spacial score (nSPS) is 24.0. The topological polar surface area (TPSA) is 3.24 Å². The second-order valence-electron chi connectivity index (χ2n) is 5.32. The first-order valence-corrected chi connectivity index (χ1v) is 7.05. The summed E-state index contributed by atoms with van der Waals surface area (Å²) in [5.74, 6) is 0.933. The minimum Gasteiger partial charge on any atom is -0.303 e. The summed E-state index contributed by atoms with van der Waals surface area (Å²) in [7, 11) is 0. The zero-order valence-corrected chi connectivity index (χ0v) is 10.8. The highest BCUT2D eigenvalue weighted by Crippen LogP contribution is 2.16. The van der Waals surface area contributed by atoms with Crippen molar-refractivity contribution < 1.29 is 0 Å². The molecule has 1 atom stereocenters. The number of rotatable bonds is 6. The van der Waals surface area contributed by atoms with Crippen LogP contribution in [0, 0.1) is 5.92 Å². The summed E-state index contributed by atoms with van der Waals surface area (Å²) < 4.78 is 0. The maximum absolute atomic E-state index is 2.70. The van der Waals surface area contributed by atoms with Gasteiger partial charge in [0.25, 0.3) is 0 Å². The van der Waals surface area contributed by atoms with Crippen LogP contribution in [0.4, 0.5) is 0 Å². The van der Waals surface area contributed by atoms with E-state index < -0.39 is 0 Å². The number of hydrogen-bond acceptors (Lipinski definition) is 1. The third-order valence-corrected chi connectivity index (χ3v) is 3.57. The first-order valence-electron chi connectivity index (χ1n) is 7.05. The lowest BCUT2D eigenvalue weighted by Gasteiger charge is -2.22. The van der Waals surface area contributed by atoms with Crippen LogP contribution in [0.5, 0.6) is 0 Å². The average Bonchev–Trinajstić information content (AvgIpc) is 2.43. The molecule has 0 amide bonds. The molecule has 1 unspecified atom stereocenters. The van der Waals surface area contributed by atoms with Crippen LogP contribution in [0.1, 0.15) is 65.2 Å². The van der Waals surface area contributed by atoms with Crippen molar-refractivity contribution in [1.29, 1.82) is 0 Å². The molecule has 1 heteroatoms. The van der Waals surface area contributed by atoms with Crippen molar-refractivity contribution in [2.45, 2.75) is 65.2 Å². The second kappa shape index (κ2) is 8.15. The molecule has 0 N–H and O–H groups in total. The van der Waals surface area contributed by atoms with E-state index in [0.717, 1.165) is 5.92 Å². The highest BCUT2D eigenvalue weighted by atomic mass is 15.1. The van der Waals surface area contributed by atoms with E-state index in [0.29, 0.717) is 0 Å². The maximum atomic E-state index is 2.70. The van der Waals surface area contributed by atoms with Crippen molar-refractivity contribution in [3.63, 3.8) is 0 Å². The van der Waals surface area contributed by atoms with Crippen molar-refractivity contribution in [1.82, 2.24) is 4.90 Å². The van der Waals surface area contributed by atoms with Gasteiger partial charge < -0.3 is 4.90 Å². The summed E-state index contributed by atoms with van der Waals surface area (Å²) in [5.41, 5.74) is 0. The zero-order valence-electron chi connectivity index (χ0n) is 10.8. The molecular formula is C14H29N. The van der Waals surface area contributed by atoms with E-state index in [-0.39, 0.29) is 0 Å². The summed E-state index contributed by atoms with van der Waals surface area (Å²) in [5, 5.41) is 0. The van der Waals surface area contributed by atoms with Crippen LogP contribution in [0.25, 0.3) is 0 Å². The van der Waals surface area contributed by atoms with Crippen LogP contribution in [0.3, 0.4) is 0 Å². The number of nitrogens with zero attached hydrogens (tertiary/aromatic N) is 1. The van der Waals surface area contributed by atoms with Gasteiger partial charge in [-0.15, -0.1) is 0 Å². The number of hydrogen-bond donors (Lipinski definition) is 0. The highest BCUT2D eigenvalue weighted by Gasteiger charge is 2.13. The Morgan fingerprint density at radius 2 is 1.87 bits per heavy atom. The standard InChI is InChI=1S/C14H29N/c1-3-4-5-6-8-11-15-12-9-7-10-14(2)13-15/h14H,3-13H2,1-2H3. The molecule has 1 nitrogen and oxygen atoms in total. The van der Waals surface area contributed by atoms with Gasteiger partial charge in [0.2, 0.25) is 0 Å². The van der Waals surface area contributed by atoms with Gasteiger partial charge in [-0.1, -0.05) is 46.0 Å². The molecule has 1 saturated heterocycles. The predicted molar refractivity (Wildman–Crippen MR) is 68.2 cm³/mol. The van der Waals surface area contributed by atoms with Crippen LogP contribution < -0.4 is 0 Å². The van der Waals surface area contributed by atoms with E-state index in [1.54, 1.807) is 0 Å². The Labute approximate surface area is 96.2 Å². The fourth-order valence-corrected chi connectivity index (χ4v) is 2.59. The molecule has 1 fully saturated rings. The first-order chi connectivity index (χ1) is 7.33. The summed E-state index contributed by atoms with van der Waals surface area (Å²) in [6.45, 7) is 8.77. The van der Waals surface area contributed by atoms with Crippen molar-refractivity contribution >= 4 is 0 Å². The Hall–Kier alpha value is -0.0400. The molecule has 0 aromatic heterocycles. The minimum atomic E-state index is 0.933. The molecule has 0 aliphatic carbocycles. The summed E-state index contributed by atoms with van der Waals surface area (Å²) >= 11 is 0. The predicted octanol–water partition coefficient (Wildman–Crippen LogP) is 4.08. The molecule has 0 radical (unpaired) electrons. The van der Waals surface area contributed by atoms with Gasteiger partial charge in [-0.3, -0.25) is 0 Å². The van der Waals surface area contributed by atoms with Crippen LogP contribution in [-0.2, 0) is 0 Å². The Morgan fingerprint density at radius 3 is 2.67 bits per heavy atom. The molecule has 0 bridgehead atoms. The Bertz CT molecular complexity index is 144. The molecule has 90 valence electrons. The third-order valence-electron chi connectivity index (χ3n) is 3.57. The summed E-state index contributed by atoms with van der Waals surface area (Å²) in [6.07, 6.45) is 11.4.